The average Bonchev–Trinajstić information content (AvgIpc) is 2.27. The number of ketones is 1. The van der Waals surface area contributed by atoms with Crippen LogP contribution in [0.15, 0.2) is 43.2 Å². The first kappa shape index (κ1) is 8.56. The number of rotatable bonds is 2. The first-order chi connectivity index (χ1) is 6.83. The first-order valence-electron chi connectivity index (χ1n) is 4.19. The Morgan fingerprint density at radius 1 is 1.29 bits per heavy atom. The molecule has 1 heterocycles. The van der Waals surface area contributed by atoms with Gasteiger partial charge in [0.05, 0.1) is 11.0 Å². The van der Waals surface area contributed by atoms with Gasteiger partial charge in [-0.25, -0.2) is 0 Å². The van der Waals surface area contributed by atoms with Crippen LogP contribution in [0.5, 0.6) is 0 Å². The monoisotopic (exact) mass is 184 g/mol. The minimum Gasteiger partial charge on any atom is -0.289 e. The van der Waals surface area contributed by atoms with Gasteiger partial charge in [-0.3, -0.25) is 14.8 Å². The Morgan fingerprint density at radius 2 is 2.07 bits per heavy atom. The van der Waals surface area contributed by atoms with Gasteiger partial charge in [-0.2, -0.15) is 0 Å². The molecule has 0 fully saturated rings. The molecule has 0 N–H and O–H groups in total. The fraction of sp³-hybridized carbons (Fsp3) is 0. The standard InChI is InChI=1S/C11H8N2O/c1-2-10(14)8-4-3-5-9-11(8)13-7-6-12-9/h2-7H,1H2. The minimum absolute atomic E-state index is 0.129. The summed E-state index contributed by atoms with van der Waals surface area (Å²) in [5.41, 5.74) is 1.89. The second-order valence-electron chi connectivity index (χ2n) is 2.80. The van der Waals surface area contributed by atoms with E-state index in [1.165, 1.54) is 6.08 Å². The maximum atomic E-state index is 11.4. The van der Waals surface area contributed by atoms with Crippen molar-refractivity contribution in [3.8, 4) is 0 Å². The molecule has 1 aromatic heterocycles. The van der Waals surface area contributed by atoms with E-state index in [0.717, 1.165) is 5.52 Å². The number of fused-ring (bicyclic) bond motifs is 1. The number of benzene rings is 1. The highest BCUT2D eigenvalue weighted by Crippen LogP contribution is 2.14. The third-order valence-corrected chi connectivity index (χ3v) is 1.95. The lowest BCUT2D eigenvalue weighted by Crippen LogP contribution is -1.97. The van der Waals surface area contributed by atoms with Gasteiger partial charge in [0, 0.05) is 18.0 Å². The number of nitrogens with zero attached hydrogens (tertiary/aromatic N) is 2. The highest BCUT2D eigenvalue weighted by atomic mass is 16.1. The van der Waals surface area contributed by atoms with E-state index >= 15 is 0 Å². The smallest absolute Gasteiger partial charge is 0.187 e. The predicted octanol–water partition coefficient (Wildman–Crippen LogP) is 2.00. The van der Waals surface area contributed by atoms with Crippen LogP contribution in [-0.2, 0) is 0 Å². The van der Waals surface area contributed by atoms with Crippen LogP contribution in [0.3, 0.4) is 0 Å². The predicted molar refractivity (Wildman–Crippen MR) is 54.1 cm³/mol. The molecule has 1 aromatic carbocycles. The number of hydrogen-bond acceptors (Lipinski definition) is 3. The van der Waals surface area contributed by atoms with E-state index in [1.54, 1.807) is 24.5 Å². The quantitative estimate of drug-likeness (QED) is 0.529. The van der Waals surface area contributed by atoms with E-state index in [4.69, 9.17) is 0 Å². The summed E-state index contributed by atoms with van der Waals surface area (Å²) in [6.07, 6.45) is 4.45. The largest absolute Gasteiger partial charge is 0.289 e. The molecule has 0 spiro atoms. The summed E-state index contributed by atoms with van der Waals surface area (Å²) in [6.45, 7) is 3.45. The summed E-state index contributed by atoms with van der Waals surface area (Å²) in [6, 6.07) is 5.33. The van der Waals surface area contributed by atoms with Crippen LogP contribution in [0.4, 0.5) is 0 Å². The van der Waals surface area contributed by atoms with Gasteiger partial charge in [0.2, 0.25) is 0 Å². The molecule has 0 aliphatic carbocycles. The van der Waals surface area contributed by atoms with Crippen molar-refractivity contribution in [3.05, 3.63) is 48.8 Å². The Balaban J connectivity index is 2.77. The summed E-state index contributed by atoms with van der Waals surface area (Å²) in [7, 11) is 0. The van der Waals surface area contributed by atoms with Crippen molar-refractivity contribution in [3.63, 3.8) is 0 Å². The Hall–Kier alpha value is -2.03. The molecule has 2 rings (SSSR count). The summed E-state index contributed by atoms with van der Waals surface area (Å²) in [5.74, 6) is -0.129. The number of para-hydroxylation sites is 1. The number of carbonyl (C=O) groups is 1. The third-order valence-electron chi connectivity index (χ3n) is 1.95. The van der Waals surface area contributed by atoms with Gasteiger partial charge in [-0.1, -0.05) is 12.6 Å². The lowest BCUT2D eigenvalue weighted by atomic mass is 10.1. The fourth-order valence-corrected chi connectivity index (χ4v) is 1.30. The number of aromatic nitrogens is 2. The fourth-order valence-electron chi connectivity index (χ4n) is 1.30. The van der Waals surface area contributed by atoms with E-state index in [9.17, 15) is 4.79 Å². The second-order valence-corrected chi connectivity index (χ2v) is 2.80. The molecule has 0 saturated carbocycles. The molecule has 0 unspecified atom stereocenters. The number of allylic oxidation sites excluding steroid dienone is 1. The van der Waals surface area contributed by atoms with Crippen LogP contribution < -0.4 is 0 Å². The Labute approximate surface area is 81.1 Å². The summed E-state index contributed by atoms with van der Waals surface area (Å²) >= 11 is 0. The Morgan fingerprint density at radius 3 is 2.86 bits per heavy atom. The molecule has 0 bridgehead atoms. The van der Waals surface area contributed by atoms with Crippen LogP contribution in [0.1, 0.15) is 10.4 Å². The van der Waals surface area contributed by atoms with Crippen molar-refractivity contribution in [2.45, 2.75) is 0 Å². The van der Waals surface area contributed by atoms with Crippen LogP contribution in [-0.4, -0.2) is 15.8 Å². The van der Waals surface area contributed by atoms with Crippen LogP contribution in [0, 0.1) is 0 Å². The van der Waals surface area contributed by atoms with E-state index in [1.807, 2.05) is 6.07 Å². The van der Waals surface area contributed by atoms with E-state index in [-0.39, 0.29) is 5.78 Å². The van der Waals surface area contributed by atoms with Gasteiger partial charge >= 0.3 is 0 Å². The van der Waals surface area contributed by atoms with Crippen molar-refractivity contribution in [1.29, 1.82) is 0 Å². The SMILES string of the molecule is C=CC(=O)c1cccc2nccnc12. The van der Waals surface area contributed by atoms with E-state index in [0.29, 0.717) is 11.1 Å². The van der Waals surface area contributed by atoms with Gasteiger partial charge in [-0.05, 0) is 18.2 Å². The molecule has 68 valence electrons. The highest BCUT2D eigenvalue weighted by molar-refractivity contribution is 6.11. The molecule has 3 heteroatoms. The summed E-state index contributed by atoms with van der Waals surface area (Å²) in [5, 5.41) is 0. The lowest BCUT2D eigenvalue weighted by molar-refractivity contribution is 0.104. The number of carbonyl (C=O) groups excluding carboxylic acids is 1. The van der Waals surface area contributed by atoms with Crippen LogP contribution in [0.2, 0.25) is 0 Å². The maximum absolute atomic E-state index is 11.4. The molecule has 0 atom stereocenters. The molecule has 0 aliphatic rings. The van der Waals surface area contributed by atoms with Crippen molar-refractivity contribution in [2.24, 2.45) is 0 Å². The molecule has 0 aliphatic heterocycles. The zero-order valence-corrected chi connectivity index (χ0v) is 7.47. The minimum atomic E-state index is -0.129. The molecule has 14 heavy (non-hydrogen) atoms. The number of hydrogen-bond donors (Lipinski definition) is 0. The van der Waals surface area contributed by atoms with E-state index < -0.39 is 0 Å². The van der Waals surface area contributed by atoms with Crippen molar-refractivity contribution in [2.75, 3.05) is 0 Å². The van der Waals surface area contributed by atoms with Crippen molar-refractivity contribution >= 4 is 16.8 Å². The topological polar surface area (TPSA) is 42.9 Å². The molecule has 3 nitrogen and oxygen atoms in total. The zero-order chi connectivity index (χ0) is 9.97. The van der Waals surface area contributed by atoms with Gasteiger partial charge in [0.1, 0.15) is 0 Å². The second kappa shape index (κ2) is 3.38. The van der Waals surface area contributed by atoms with Crippen molar-refractivity contribution < 1.29 is 4.79 Å². The lowest BCUT2D eigenvalue weighted by Gasteiger charge is -2.00. The van der Waals surface area contributed by atoms with Gasteiger partial charge in [-0.15, -0.1) is 0 Å². The highest BCUT2D eigenvalue weighted by Gasteiger charge is 2.07. The molecule has 2 aromatic rings. The van der Waals surface area contributed by atoms with E-state index in [2.05, 4.69) is 16.5 Å². The van der Waals surface area contributed by atoms with Gasteiger partial charge in [0.25, 0.3) is 0 Å². The summed E-state index contributed by atoms with van der Waals surface area (Å²) < 4.78 is 0. The first-order valence-corrected chi connectivity index (χ1v) is 4.19. The Bertz CT molecular complexity index is 500. The molecule has 0 saturated heterocycles. The average molecular weight is 184 g/mol. The van der Waals surface area contributed by atoms with Crippen LogP contribution >= 0.6 is 0 Å². The van der Waals surface area contributed by atoms with Gasteiger partial charge in [0.15, 0.2) is 5.78 Å². The molecular formula is C11H8N2O. The molecular weight excluding hydrogens is 176 g/mol. The van der Waals surface area contributed by atoms with Crippen molar-refractivity contribution in [1.82, 2.24) is 9.97 Å². The van der Waals surface area contributed by atoms with Crippen LogP contribution in [0.25, 0.3) is 11.0 Å². The molecule has 0 amide bonds. The summed E-state index contributed by atoms with van der Waals surface area (Å²) in [4.78, 5) is 19.7. The third kappa shape index (κ3) is 1.29. The van der Waals surface area contributed by atoms with Gasteiger partial charge < -0.3 is 0 Å². The Kier molecular flexibility index (Phi) is 2.07. The maximum Gasteiger partial charge on any atom is 0.187 e. The zero-order valence-electron chi connectivity index (χ0n) is 7.47. The normalized spacial score (nSPS) is 10.0. The molecule has 0 radical (unpaired) electrons.